The summed E-state index contributed by atoms with van der Waals surface area (Å²) in [6.07, 6.45) is 3.85. The van der Waals surface area contributed by atoms with Crippen molar-refractivity contribution in [1.82, 2.24) is 0 Å². The van der Waals surface area contributed by atoms with E-state index in [9.17, 15) is 0 Å². The summed E-state index contributed by atoms with van der Waals surface area (Å²) in [5, 5.41) is 0. The standard InChI is InChI=1S/C13H16O/c1-3-12(2)9-10-14-11-13-7-5-4-6-8-13/h3-9H,1,10-11H2,2H3/b12-9+. The smallest absolute Gasteiger partial charge is 0.0721 e. The minimum absolute atomic E-state index is 0.646. The van der Waals surface area contributed by atoms with Crippen molar-refractivity contribution in [2.24, 2.45) is 0 Å². The van der Waals surface area contributed by atoms with Gasteiger partial charge in [-0.15, -0.1) is 0 Å². The molecule has 0 N–H and O–H groups in total. The van der Waals surface area contributed by atoms with Crippen LogP contribution in [0.2, 0.25) is 0 Å². The van der Waals surface area contributed by atoms with Crippen molar-refractivity contribution < 1.29 is 4.74 Å². The fourth-order valence-electron chi connectivity index (χ4n) is 1.02. The first-order valence-corrected chi connectivity index (χ1v) is 4.74. The third-order valence-corrected chi connectivity index (χ3v) is 1.96. The monoisotopic (exact) mass is 188 g/mol. The lowest BCUT2D eigenvalue weighted by Gasteiger charge is -2.01. The van der Waals surface area contributed by atoms with Crippen LogP contribution in [0.3, 0.4) is 0 Å². The number of allylic oxidation sites excluding steroid dienone is 2. The van der Waals surface area contributed by atoms with Crippen molar-refractivity contribution in [3.05, 3.63) is 60.2 Å². The predicted molar refractivity (Wildman–Crippen MR) is 60.1 cm³/mol. The molecule has 0 fully saturated rings. The Balaban J connectivity index is 2.26. The zero-order valence-electron chi connectivity index (χ0n) is 8.57. The lowest BCUT2D eigenvalue weighted by Crippen LogP contribution is -1.92. The molecule has 0 aliphatic heterocycles. The number of benzene rings is 1. The van der Waals surface area contributed by atoms with Crippen molar-refractivity contribution in [2.75, 3.05) is 6.61 Å². The van der Waals surface area contributed by atoms with E-state index in [-0.39, 0.29) is 0 Å². The Morgan fingerprint density at radius 3 is 2.71 bits per heavy atom. The highest BCUT2D eigenvalue weighted by Gasteiger charge is 1.89. The number of hydrogen-bond acceptors (Lipinski definition) is 1. The topological polar surface area (TPSA) is 9.23 Å². The Bertz CT molecular complexity index is 298. The van der Waals surface area contributed by atoms with Crippen LogP contribution in [0.15, 0.2) is 54.6 Å². The van der Waals surface area contributed by atoms with E-state index in [1.807, 2.05) is 37.3 Å². The van der Waals surface area contributed by atoms with Crippen LogP contribution in [0.1, 0.15) is 12.5 Å². The van der Waals surface area contributed by atoms with Gasteiger partial charge in [0.25, 0.3) is 0 Å². The van der Waals surface area contributed by atoms with Gasteiger partial charge in [0.1, 0.15) is 0 Å². The van der Waals surface area contributed by atoms with Gasteiger partial charge in [-0.3, -0.25) is 0 Å². The highest BCUT2D eigenvalue weighted by molar-refractivity contribution is 5.14. The highest BCUT2D eigenvalue weighted by Crippen LogP contribution is 2.01. The van der Waals surface area contributed by atoms with Gasteiger partial charge in [-0.05, 0) is 12.5 Å². The second kappa shape index (κ2) is 6.17. The Morgan fingerprint density at radius 2 is 2.07 bits per heavy atom. The summed E-state index contributed by atoms with van der Waals surface area (Å²) < 4.78 is 5.47. The predicted octanol–water partition coefficient (Wildman–Crippen LogP) is 3.34. The highest BCUT2D eigenvalue weighted by atomic mass is 16.5. The van der Waals surface area contributed by atoms with Crippen LogP contribution in [-0.2, 0) is 11.3 Å². The summed E-state index contributed by atoms with van der Waals surface area (Å²) in [4.78, 5) is 0. The SMILES string of the molecule is C=C/C(C)=C/COCc1ccccc1. The normalized spacial score (nSPS) is 11.4. The number of rotatable bonds is 5. The summed E-state index contributed by atoms with van der Waals surface area (Å²) in [6.45, 7) is 7.00. The Morgan fingerprint density at radius 1 is 1.36 bits per heavy atom. The van der Waals surface area contributed by atoms with Crippen LogP contribution >= 0.6 is 0 Å². The molecule has 0 aromatic heterocycles. The average Bonchev–Trinajstić information content (AvgIpc) is 2.25. The first kappa shape index (κ1) is 10.7. The maximum atomic E-state index is 5.47. The van der Waals surface area contributed by atoms with Crippen LogP contribution in [-0.4, -0.2) is 6.61 Å². The van der Waals surface area contributed by atoms with Crippen LogP contribution in [0.4, 0.5) is 0 Å². The van der Waals surface area contributed by atoms with Crippen molar-refractivity contribution in [1.29, 1.82) is 0 Å². The molecule has 0 aliphatic rings. The minimum Gasteiger partial charge on any atom is -0.373 e. The Labute approximate surface area is 85.7 Å². The zero-order chi connectivity index (χ0) is 10.2. The molecule has 0 amide bonds. The van der Waals surface area contributed by atoms with Gasteiger partial charge in [-0.1, -0.05) is 54.6 Å². The van der Waals surface area contributed by atoms with Crippen molar-refractivity contribution in [2.45, 2.75) is 13.5 Å². The molecule has 1 rings (SSSR count). The summed E-state index contributed by atoms with van der Waals surface area (Å²) in [5.41, 5.74) is 2.36. The first-order chi connectivity index (χ1) is 6.83. The van der Waals surface area contributed by atoms with Crippen LogP contribution in [0.5, 0.6) is 0 Å². The molecule has 0 atom stereocenters. The van der Waals surface area contributed by atoms with Gasteiger partial charge in [0, 0.05) is 0 Å². The molecule has 0 heterocycles. The molecule has 0 saturated carbocycles. The maximum absolute atomic E-state index is 5.47. The zero-order valence-corrected chi connectivity index (χ0v) is 8.57. The summed E-state index contributed by atoms with van der Waals surface area (Å²) in [5.74, 6) is 0. The average molecular weight is 188 g/mol. The van der Waals surface area contributed by atoms with Crippen molar-refractivity contribution in [3.8, 4) is 0 Å². The Hall–Kier alpha value is -1.34. The van der Waals surface area contributed by atoms with Gasteiger partial charge >= 0.3 is 0 Å². The summed E-state index contributed by atoms with van der Waals surface area (Å²) in [6, 6.07) is 10.2. The molecular formula is C13H16O. The molecular weight excluding hydrogens is 172 g/mol. The minimum atomic E-state index is 0.646. The van der Waals surface area contributed by atoms with E-state index in [1.54, 1.807) is 0 Å². The van der Waals surface area contributed by atoms with E-state index in [4.69, 9.17) is 4.74 Å². The fraction of sp³-hybridized carbons (Fsp3) is 0.231. The lowest BCUT2D eigenvalue weighted by atomic mass is 10.2. The van der Waals surface area contributed by atoms with E-state index in [2.05, 4.69) is 18.7 Å². The second-order valence-electron chi connectivity index (χ2n) is 3.15. The van der Waals surface area contributed by atoms with Gasteiger partial charge in [-0.25, -0.2) is 0 Å². The lowest BCUT2D eigenvalue weighted by molar-refractivity contribution is 0.148. The fourth-order valence-corrected chi connectivity index (χ4v) is 1.02. The van der Waals surface area contributed by atoms with Gasteiger partial charge in [0.15, 0.2) is 0 Å². The van der Waals surface area contributed by atoms with Crippen LogP contribution in [0, 0.1) is 0 Å². The molecule has 0 saturated heterocycles. The van der Waals surface area contributed by atoms with Gasteiger partial charge in [-0.2, -0.15) is 0 Å². The van der Waals surface area contributed by atoms with Crippen LogP contribution < -0.4 is 0 Å². The second-order valence-corrected chi connectivity index (χ2v) is 3.15. The van der Waals surface area contributed by atoms with E-state index < -0.39 is 0 Å². The van der Waals surface area contributed by atoms with E-state index in [0.717, 1.165) is 5.57 Å². The first-order valence-electron chi connectivity index (χ1n) is 4.74. The molecule has 0 spiro atoms. The maximum Gasteiger partial charge on any atom is 0.0721 e. The van der Waals surface area contributed by atoms with Gasteiger partial charge < -0.3 is 4.74 Å². The number of ether oxygens (including phenoxy) is 1. The molecule has 0 aliphatic carbocycles. The summed E-state index contributed by atoms with van der Waals surface area (Å²) in [7, 11) is 0. The molecule has 14 heavy (non-hydrogen) atoms. The molecule has 1 nitrogen and oxygen atoms in total. The van der Waals surface area contributed by atoms with Crippen molar-refractivity contribution >= 4 is 0 Å². The molecule has 74 valence electrons. The van der Waals surface area contributed by atoms with Crippen LogP contribution in [0.25, 0.3) is 0 Å². The van der Waals surface area contributed by atoms with Gasteiger partial charge in [0.2, 0.25) is 0 Å². The third-order valence-electron chi connectivity index (χ3n) is 1.96. The Kier molecular flexibility index (Phi) is 4.73. The van der Waals surface area contributed by atoms with Gasteiger partial charge in [0.05, 0.1) is 13.2 Å². The largest absolute Gasteiger partial charge is 0.373 e. The summed E-state index contributed by atoms with van der Waals surface area (Å²) >= 11 is 0. The molecule has 1 aromatic carbocycles. The van der Waals surface area contributed by atoms with E-state index >= 15 is 0 Å². The number of hydrogen-bond donors (Lipinski definition) is 0. The third kappa shape index (κ3) is 4.06. The molecule has 0 bridgehead atoms. The van der Waals surface area contributed by atoms with E-state index in [0.29, 0.717) is 13.2 Å². The molecule has 0 unspecified atom stereocenters. The molecule has 0 radical (unpaired) electrons. The van der Waals surface area contributed by atoms with E-state index in [1.165, 1.54) is 5.56 Å². The molecule has 1 heteroatoms. The quantitative estimate of drug-likeness (QED) is 0.508. The molecule has 1 aromatic rings. The van der Waals surface area contributed by atoms with Crippen molar-refractivity contribution in [3.63, 3.8) is 0 Å².